The minimum absolute atomic E-state index is 0.0203. The van der Waals surface area contributed by atoms with E-state index in [4.69, 9.17) is 16.3 Å². The minimum Gasteiger partial charge on any atom is -0.462 e. The summed E-state index contributed by atoms with van der Waals surface area (Å²) in [5.74, 6) is 0.0621. The molecule has 9 nitrogen and oxygen atoms in total. The smallest absolute Gasteiger partial charge is 0.339 e. The van der Waals surface area contributed by atoms with Gasteiger partial charge in [0.15, 0.2) is 0 Å². The standard InChI is InChI=1S/C20H23ClN4O5S/c1-2-30-19(26)14-12-17(21)18(22-13-14)25-10-8-15(9-11-25)23-20(27)24-31(28,29)16-6-4-3-5-7-16/h3-7,12-13,15H,2,8-11H2,1H3,(H2,23,24,27). The zero-order valence-electron chi connectivity index (χ0n) is 16.9. The normalized spacial score (nSPS) is 14.7. The number of urea groups is 1. The molecule has 31 heavy (non-hydrogen) atoms. The molecule has 0 atom stereocenters. The number of rotatable bonds is 6. The van der Waals surface area contributed by atoms with E-state index >= 15 is 0 Å². The maximum atomic E-state index is 12.2. The third-order valence-electron chi connectivity index (χ3n) is 4.74. The number of carbonyl (C=O) groups excluding carboxylic acids is 2. The topological polar surface area (TPSA) is 118 Å². The van der Waals surface area contributed by atoms with Gasteiger partial charge in [0.1, 0.15) is 5.82 Å². The van der Waals surface area contributed by atoms with Crippen LogP contribution < -0.4 is 14.9 Å². The summed E-state index contributed by atoms with van der Waals surface area (Å²) in [5, 5.41) is 3.04. The molecular formula is C20H23ClN4O5S. The number of halogens is 1. The lowest BCUT2D eigenvalue weighted by Crippen LogP contribution is -2.49. The average molecular weight is 467 g/mol. The van der Waals surface area contributed by atoms with E-state index in [-0.39, 0.29) is 23.1 Å². The summed E-state index contributed by atoms with van der Waals surface area (Å²) in [6, 6.07) is 8.25. The number of anilines is 1. The molecule has 3 rings (SSSR count). The number of nitrogens with one attached hydrogen (secondary N) is 2. The van der Waals surface area contributed by atoms with Crippen molar-refractivity contribution in [2.75, 3.05) is 24.6 Å². The zero-order chi connectivity index (χ0) is 22.4. The Morgan fingerprint density at radius 3 is 2.52 bits per heavy atom. The highest BCUT2D eigenvalue weighted by molar-refractivity contribution is 7.90. The molecule has 0 radical (unpaired) electrons. The molecule has 0 unspecified atom stereocenters. The quantitative estimate of drug-likeness (QED) is 0.628. The van der Waals surface area contributed by atoms with Gasteiger partial charge in [-0.2, -0.15) is 0 Å². The van der Waals surface area contributed by atoms with Crippen LogP contribution in [0.5, 0.6) is 0 Å². The first kappa shape index (κ1) is 22.8. The predicted molar refractivity (Wildman–Crippen MR) is 116 cm³/mol. The molecule has 11 heteroatoms. The van der Waals surface area contributed by atoms with Crippen molar-refractivity contribution in [1.82, 2.24) is 15.0 Å². The Morgan fingerprint density at radius 1 is 1.23 bits per heavy atom. The number of pyridine rings is 1. The number of nitrogens with zero attached hydrogens (tertiary/aromatic N) is 2. The van der Waals surface area contributed by atoms with Crippen LogP contribution >= 0.6 is 11.6 Å². The van der Waals surface area contributed by atoms with Crippen LogP contribution in [-0.2, 0) is 14.8 Å². The molecule has 2 heterocycles. The van der Waals surface area contributed by atoms with Crippen molar-refractivity contribution in [3.63, 3.8) is 0 Å². The number of piperidine rings is 1. The Bertz CT molecular complexity index is 1040. The fraction of sp³-hybridized carbons (Fsp3) is 0.350. The highest BCUT2D eigenvalue weighted by atomic mass is 35.5. The lowest BCUT2D eigenvalue weighted by atomic mass is 10.1. The maximum absolute atomic E-state index is 12.2. The first-order valence-corrected chi connectivity index (χ1v) is 11.6. The number of hydrogen-bond acceptors (Lipinski definition) is 7. The minimum atomic E-state index is -3.92. The molecule has 0 aliphatic carbocycles. The van der Waals surface area contributed by atoms with E-state index in [2.05, 4.69) is 10.3 Å². The molecule has 1 aromatic heterocycles. The van der Waals surface area contributed by atoms with Crippen LogP contribution in [0.25, 0.3) is 0 Å². The second kappa shape index (κ2) is 9.97. The molecule has 1 aliphatic heterocycles. The van der Waals surface area contributed by atoms with Crippen LogP contribution in [0.4, 0.5) is 10.6 Å². The first-order chi connectivity index (χ1) is 14.8. The van der Waals surface area contributed by atoms with Crippen LogP contribution in [0.2, 0.25) is 5.02 Å². The van der Waals surface area contributed by atoms with Crippen LogP contribution in [0.3, 0.4) is 0 Å². The van der Waals surface area contributed by atoms with E-state index in [0.717, 1.165) is 0 Å². The Balaban J connectivity index is 1.54. The second-order valence-corrected chi connectivity index (χ2v) is 8.99. The number of aromatic nitrogens is 1. The summed E-state index contributed by atoms with van der Waals surface area (Å²) in [6.07, 6.45) is 2.58. The second-order valence-electron chi connectivity index (χ2n) is 6.90. The molecule has 1 saturated heterocycles. The molecule has 0 spiro atoms. The molecule has 0 bridgehead atoms. The summed E-state index contributed by atoms with van der Waals surface area (Å²) in [7, 11) is -3.92. The van der Waals surface area contributed by atoms with Crippen molar-refractivity contribution in [2.24, 2.45) is 0 Å². The number of hydrogen-bond donors (Lipinski definition) is 2. The largest absolute Gasteiger partial charge is 0.462 e. The van der Waals surface area contributed by atoms with E-state index in [1.807, 2.05) is 9.62 Å². The van der Waals surface area contributed by atoms with Crippen molar-refractivity contribution in [2.45, 2.75) is 30.7 Å². The first-order valence-electron chi connectivity index (χ1n) is 9.76. The summed E-state index contributed by atoms with van der Waals surface area (Å²) in [6.45, 7) is 3.10. The Labute approximate surface area is 185 Å². The monoisotopic (exact) mass is 466 g/mol. The van der Waals surface area contributed by atoms with Crippen LogP contribution in [0.15, 0.2) is 47.5 Å². The molecular weight excluding hydrogens is 444 g/mol. The van der Waals surface area contributed by atoms with Gasteiger partial charge in [-0.15, -0.1) is 0 Å². The van der Waals surface area contributed by atoms with Crippen molar-refractivity contribution in [3.8, 4) is 0 Å². The fourth-order valence-electron chi connectivity index (χ4n) is 3.22. The van der Waals surface area contributed by atoms with Gasteiger partial charge >= 0.3 is 12.0 Å². The Morgan fingerprint density at radius 2 is 1.90 bits per heavy atom. The summed E-state index contributed by atoms with van der Waals surface area (Å²) in [4.78, 5) is 30.2. The number of benzene rings is 1. The number of amides is 2. The van der Waals surface area contributed by atoms with Gasteiger partial charge in [0.25, 0.3) is 10.0 Å². The van der Waals surface area contributed by atoms with Gasteiger partial charge in [-0.25, -0.2) is 27.7 Å². The van der Waals surface area contributed by atoms with Crippen molar-refractivity contribution in [3.05, 3.63) is 53.2 Å². The van der Waals surface area contributed by atoms with Crippen LogP contribution in [-0.4, -0.2) is 51.1 Å². The van der Waals surface area contributed by atoms with Gasteiger partial charge in [0.2, 0.25) is 0 Å². The predicted octanol–water partition coefficient (Wildman–Crippen LogP) is 2.57. The molecule has 2 amide bonds. The third-order valence-corrected chi connectivity index (χ3v) is 6.37. The van der Waals surface area contributed by atoms with E-state index in [9.17, 15) is 18.0 Å². The van der Waals surface area contributed by atoms with Gasteiger partial charge in [-0.1, -0.05) is 29.8 Å². The molecule has 1 aromatic carbocycles. The fourth-order valence-corrected chi connectivity index (χ4v) is 4.44. The Hall–Kier alpha value is -2.85. The molecule has 1 aliphatic rings. The van der Waals surface area contributed by atoms with E-state index in [0.29, 0.717) is 36.8 Å². The van der Waals surface area contributed by atoms with Gasteiger partial charge < -0.3 is 15.0 Å². The van der Waals surface area contributed by atoms with Crippen molar-refractivity contribution in [1.29, 1.82) is 0 Å². The average Bonchev–Trinajstić information content (AvgIpc) is 2.75. The number of esters is 1. The number of ether oxygens (including phenoxy) is 1. The van der Waals surface area contributed by atoms with E-state index < -0.39 is 22.0 Å². The van der Waals surface area contributed by atoms with Gasteiger partial charge in [0, 0.05) is 25.3 Å². The zero-order valence-corrected chi connectivity index (χ0v) is 18.4. The van der Waals surface area contributed by atoms with Crippen molar-refractivity contribution < 1.29 is 22.7 Å². The summed E-state index contributed by atoms with van der Waals surface area (Å²) < 4.78 is 31.5. The summed E-state index contributed by atoms with van der Waals surface area (Å²) in [5.41, 5.74) is 0.281. The maximum Gasteiger partial charge on any atom is 0.339 e. The molecule has 1 fully saturated rings. The van der Waals surface area contributed by atoms with E-state index in [1.165, 1.54) is 24.4 Å². The molecule has 0 saturated carbocycles. The highest BCUT2D eigenvalue weighted by Crippen LogP contribution is 2.27. The molecule has 2 aromatic rings. The number of sulfonamides is 1. The van der Waals surface area contributed by atoms with Gasteiger partial charge in [-0.3, -0.25) is 0 Å². The van der Waals surface area contributed by atoms with Gasteiger partial charge in [-0.05, 0) is 38.0 Å². The SMILES string of the molecule is CCOC(=O)c1cnc(N2CCC(NC(=O)NS(=O)(=O)c3ccccc3)CC2)c(Cl)c1. The number of carbonyl (C=O) groups is 2. The molecule has 2 N–H and O–H groups in total. The third kappa shape index (κ3) is 5.86. The van der Waals surface area contributed by atoms with Gasteiger partial charge in [0.05, 0.1) is 22.1 Å². The molecule has 166 valence electrons. The van der Waals surface area contributed by atoms with Crippen LogP contribution in [0.1, 0.15) is 30.1 Å². The lowest BCUT2D eigenvalue weighted by molar-refractivity contribution is 0.0526. The lowest BCUT2D eigenvalue weighted by Gasteiger charge is -2.33. The Kier molecular flexibility index (Phi) is 7.34. The van der Waals surface area contributed by atoms with Crippen LogP contribution in [0, 0.1) is 0 Å². The van der Waals surface area contributed by atoms with Crippen molar-refractivity contribution >= 4 is 39.4 Å². The van der Waals surface area contributed by atoms with E-state index in [1.54, 1.807) is 25.1 Å². The highest BCUT2D eigenvalue weighted by Gasteiger charge is 2.25. The summed E-state index contributed by atoms with van der Waals surface area (Å²) >= 11 is 6.30.